The molecule has 0 aliphatic heterocycles. The van der Waals surface area contributed by atoms with Crippen LogP contribution in [0.1, 0.15) is 58.9 Å². The fourth-order valence-corrected chi connectivity index (χ4v) is 4.61. The Labute approximate surface area is 284 Å². The molecule has 49 heavy (non-hydrogen) atoms. The fourth-order valence-electron chi connectivity index (χ4n) is 4.61. The maximum atomic E-state index is 12.8. The van der Waals surface area contributed by atoms with Crippen LogP contribution in [0.2, 0.25) is 0 Å². The van der Waals surface area contributed by atoms with Crippen LogP contribution >= 0.6 is 0 Å². The molecule has 4 rings (SSSR count). The number of amides is 2. The molecule has 1 aromatic heterocycles. The second-order valence-electron chi connectivity index (χ2n) is 10.7. The van der Waals surface area contributed by atoms with Crippen molar-refractivity contribution in [1.29, 1.82) is 0 Å². The minimum Gasteiger partial charge on any atom is -0.493 e. The Bertz CT molecular complexity index is 1650. The van der Waals surface area contributed by atoms with E-state index in [1.165, 1.54) is 19.2 Å². The van der Waals surface area contributed by atoms with Gasteiger partial charge in [-0.25, -0.2) is 4.79 Å². The van der Waals surface area contributed by atoms with Gasteiger partial charge in [0.15, 0.2) is 11.5 Å². The zero-order valence-electron chi connectivity index (χ0n) is 28.2. The van der Waals surface area contributed by atoms with Crippen LogP contribution in [0.5, 0.6) is 23.0 Å². The van der Waals surface area contributed by atoms with Crippen molar-refractivity contribution in [1.82, 2.24) is 4.98 Å². The summed E-state index contributed by atoms with van der Waals surface area (Å²) in [5, 5.41) is 5.78. The topological polar surface area (TPSA) is 134 Å². The van der Waals surface area contributed by atoms with Gasteiger partial charge >= 0.3 is 18.2 Å². The van der Waals surface area contributed by atoms with Gasteiger partial charge in [0, 0.05) is 29.0 Å². The number of anilines is 2. The molecule has 0 radical (unpaired) electrons. The first-order chi connectivity index (χ1) is 23.5. The number of hydrogen-bond donors (Lipinski definition) is 3. The van der Waals surface area contributed by atoms with Gasteiger partial charge in [0.1, 0.15) is 17.5 Å². The predicted molar refractivity (Wildman–Crippen MR) is 183 cm³/mol. The number of pyridine rings is 1. The summed E-state index contributed by atoms with van der Waals surface area (Å²) in [6, 6.07) is 14.5. The third-order valence-corrected chi connectivity index (χ3v) is 7.03. The minimum atomic E-state index is -4.46. The van der Waals surface area contributed by atoms with E-state index in [0.717, 1.165) is 25.0 Å². The quantitative estimate of drug-likeness (QED) is 0.0886. The number of carbonyl (C=O) groups excluding carboxylic acids is 2. The standard InChI is InChI=1S/C34H37F3N4O6.C2H6/c1-4-6-21(2)46-32(42)27(38)7-5-18-45-31-20-28-26(19-30(31)44-3)29(16-17-39-28)47-25-14-12-24(13-15-25)41-33(43)40-23-10-8-22(9-11-23)34(35,36)37;1-2/h8-17,19-21,27H,4-7,18,38H2,1-3H3,(H2,40,41,43);1-2H3. The molecular weight excluding hydrogens is 641 g/mol. The van der Waals surface area contributed by atoms with Crippen LogP contribution in [0.15, 0.2) is 72.9 Å². The molecule has 0 spiro atoms. The Hall–Kier alpha value is -5.04. The molecule has 264 valence electrons. The van der Waals surface area contributed by atoms with Gasteiger partial charge in [-0.1, -0.05) is 27.2 Å². The van der Waals surface area contributed by atoms with Crippen LogP contribution in [0.4, 0.5) is 29.3 Å². The number of ether oxygens (including phenoxy) is 4. The normalized spacial score (nSPS) is 12.2. The molecule has 2 unspecified atom stereocenters. The molecule has 4 aromatic rings. The Balaban J connectivity index is 0.00000319. The highest BCUT2D eigenvalue weighted by atomic mass is 19.4. The number of benzene rings is 3. The van der Waals surface area contributed by atoms with Crippen LogP contribution in [-0.4, -0.2) is 42.8 Å². The molecule has 0 aliphatic rings. The summed E-state index contributed by atoms with van der Waals surface area (Å²) in [5.74, 6) is 1.50. The SMILES string of the molecule is CC.CCCC(C)OC(=O)C(N)CCCOc1cc2nccc(Oc3ccc(NC(=O)Nc4ccc(C(F)(F)F)cc4)cc3)c2cc1OC. The molecule has 3 aromatic carbocycles. The monoisotopic (exact) mass is 684 g/mol. The summed E-state index contributed by atoms with van der Waals surface area (Å²) in [6.07, 6.45) is -0.397. The van der Waals surface area contributed by atoms with Crippen molar-refractivity contribution in [2.45, 2.75) is 71.7 Å². The van der Waals surface area contributed by atoms with E-state index in [2.05, 4.69) is 15.6 Å². The molecular formula is C36H43F3N4O6. The summed E-state index contributed by atoms with van der Waals surface area (Å²) in [7, 11) is 1.52. The van der Waals surface area contributed by atoms with E-state index >= 15 is 0 Å². The van der Waals surface area contributed by atoms with E-state index in [1.54, 1.807) is 48.7 Å². The average molecular weight is 685 g/mol. The van der Waals surface area contributed by atoms with E-state index in [1.807, 2.05) is 27.7 Å². The zero-order chi connectivity index (χ0) is 36.0. The summed E-state index contributed by atoms with van der Waals surface area (Å²) < 4.78 is 61.3. The van der Waals surface area contributed by atoms with Crippen molar-refractivity contribution < 1.29 is 41.7 Å². The van der Waals surface area contributed by atoms with Crippen LogP contribution in [0, 0.1) is 0 Å². The maximum Gasteiger partial charge on any atom is 0.416 e. The molecule has 4 N–H and O–H groups in total. The van der Waals surface area contributed by atoms with Crippen molar-refractivity contribution in [3.63, 3.8) is 0 Å². The second-order valence-corrected chi connectivity index (χ2v) is 10.7. The maximum absolute atomic E-state index is 12.8. The van der Waals surface area contributed by atoms with E-state index in [-0.39, 0.29) is 11.8 Å². The average Bonchev–Trinajstić information content (AvgIpc) is 3.08. The van der Waals surface area contributed by atoms with E-state index in [4.69, 9.17) is 24.7 Å². The van der Waals surface area contributed by atoms with Gasteiger partial charge in [-0.15, -0.1) is 0 Å². The van der Waals surface area contributed by atoms with Crippen molar-refractivity contribution >= 4 is 34.3 Å². The number of rotatable bonds is 14. The van der Waals surface area contributed by atoms with Gasteiger partial charge in [-0.3, -0.25) is 9.78 Å². The van der Waals surface area contributed by atoms with Crippen molar-refractivity contribution in [2.75, 3.05) is 24.4 Å². The van der Waals surface area contributed by atoms with Crippen LogP contribution in [0.3, 0.4) is 0 Å². The smallest absolute Gasteiger partial charge is 0.416 e. The van der Waals surface area contributed by atoms with Crippen molar-refractivity contribution in [3.05, 3.63) is 78.5 Å². The summed E-state index contributed by atoms with van der Waals surface area (Å²) in [5.41, 5.74) is 6.44. The number of halogens is 3. The van der Waals surface area contributed by atoms with E-state index in [9.17, 15) is 22.8 Å². The van der Waals surface area contributed by atoms with Gasteiger partial charge in [0.25, 0.3) is 0 Å². The van der Waals surface area contributed by atoms with Gasteiger partial charge in [0.2, 0.25) is 0 Å². The number of aromatic nitrogens is 1. The lowest BCUT2D eigenvalue weighted by Gasteiger charge is -2.17. The number of nitrogens with one attached hydrogen (secondary N) is 2. The summed E-state index contributed by atoms with van der Waals surface area (Å²) >= 11 is 0. The van der Waals surface area contributed by atoms with Crippen molar-refractivity contribution in [2.24, 2.45) is 5.73 Å². The zero-order valence-corrected chi connectivity index (χ0v) is 28.2. The Morgan fingerprint density at radius 3 is 2.12 bits per heavy atom. The number of nitrogens with two attached hydrogens (primary N) is 1. The molecule has 10 nitrogen and oxygen atoms in total. The van der Waals surface area contributed by atoms with Crippen LogP contribution in [0.25, 0.3) is 10.9 Å². The lowest BCUT2D eigenvalue weighted by atomic mass is 10.1. The Morgan fingerprint density at radius 2 is 1.53 bits per heavy atom. The van der Waals surface area contributed by atoms with E-state index < -0.39 is 29.8 Å². The number of fused-ring (bicyclic) bond motifs is 1. The first-order valence-electron chi connectivity index (χ1n) is 16.1. The molecule has 2 amide bonds. The lowest BCUT2D eigenvalue weighted by Crippen LogP contribution is -2.34. The molecule has 0 saturated heterocycles. The molecule has 0 bridgehead atoms. The molecule has 1 heterocycles. The number of methoxy groups -OCH3 is 1. The molecule has 0 aliphatic carbocycles. The number of carbonyl (C=O) groups is 2. The predicted octanol–water partition coefficient (Wildman–Crippen LogP) is 8.94. The lowest BCUT2D eigenvalue weighted by molar-refractivity contribution is -0.150. The van der Waals surface area contributed by atoms with E-state index in [0.29, 0.717) is 59.0 Å². The first kappa shape index (κ1) is 38.4. The highest BCUT2D eigenvalue weighted by Crippen LogP contribution is 2.37. The third-order valence-electron chi connectivity index (χ3n) is 7.03. The van der Waals surface area contributed by atoms with Gasteiger partial charge < -0.3 is 35.3 Å². The summed E-state index contributed by atoms with van der Waals surface area (Å²) in [6.45, 7) is 8.17. The molecule has 13 heteroatoms. The first-order valence-corrected chi connectivity index (χ1v) is 16.1. The van der Waals surface area contributed by atoms with Crippen LogP contribution in [-0.2, 0) is 15.7 Å². The number of alkyl halides is 3. The minimum absolute atomic E-state index is 0.168. The second kappa shape index (κ2) is 18.5. The fraction of sp³-hybridized carbons (Fsp3) is 0.361. The van der Waals surface area contributed by atoms with Gasteiger partial charge in [-0.05, 0) is 86.8 Å². The highest BCUT2D eigenvalue weighted by Gasteiger charge is 2.30. The molecule has 0 saturated carbocycles. The van der Waals surface area contributed by atoms with Gasteiger partial charge in [0.05, 0.1) is 30.9 Å². The number of hydrogen-bond acceptors (Lipinski definition) is 8. The Kier molecular flexibility index (Phi) is 14.5. The summed E-state index contributed by atoms with van der Waals surface area (Å²) in [4.78, 5) is 29.0. The third kappa shape index (κ3) is 11.6. The Morgan fingerprint density at radius 1 is 0.898 bits per heavy atom. The molecule has 2 atom stereocenters. The number of urea groups is 1. The van der Waals surface area contributed by atoms with Gasteiger partial charge in [-0.2, -0.15) is 13.2 Å². The molecule has 0 fully saturated rings. The largest absolute Gasteiger partial charge is 0.493 e. The number of nitrogens with zero attached hydrogens (tertiary/aromatic N) is 1. The highest BCUT2D eigenvalue weighted by molar-refractivity contribution is 5.99. The number of esters is 1. The van der Waals surface area contributed by atoms with Crippen molar-refractivity contribution in [3.8, 4) is 23.0 Å². The van der Waals surface area contributed by atoms with Crippen LogP contribution < -0.4 is 30.6 Å².